The van der Waals surface area contributed by atoms with Gasteiger partial charge < -0.3 is 139 Å². The summed E-state index contributed by atoms with van der Waals surface area (Å²) in [7, 11) is 0. The molecule has 6 aliphatic heterocycles. The van der Waals surface area contributed by atoms with Crippen molar-refractivity contribution >= 4 is 0 Å². The maximum absolute atomic E-state index is 11.1. The van der Waals surface area contributed by atoms with Crippen LogP contribution in [0, 0.1) is 0 Å². The molecule has 6 saturated heterocycles. The van der Waals surface area contributed by atoms with Gasteiger partial charge in [-0.2, -0.15) is 0 Å². The topological polar surface area (TPSA) is 445 Å². The van der Waals surface area contributed by atoms with Gasteiger partial charge in [0.1, 0.15) is 128 Å². The maximum Gasteiger partial charge on any atom is 0.187 e. The predicted octanol–water partition coefficient (Wildman–Crippen LogP) is -11.8. The van der Waals surface area contributed by atoms with Crippen LogP contribution in [0.2, 0.25) is 0 Å². The normalized spacial score (nSPS) is 54.3. The van der Waals surface area contributed by atoms with Crippen LogP contribution in [0.25, 0.3) is 0 Å². The number of rotatable bonds is 13. The minimum Gasteiger partial charge on any atom is -0.394 e. The highest BCUT2D eigenvalue weighted by atomic mass is 16.8. The van der Waals surface area contributed by atoms with Crippen molar-refractivity contribution in [1.82, 2.24) is 0 Å². The highest BCUT2D eigenvalue weighted by Gasteiger charge is 2.55. The van der Waals surface area contributed by atoms with Gasteiger partial charge in [-0.25, -0.2) is 0 Å². The fraction of sp³-hybridized carbons (Fsp3) is 1.00. The van der Waals surface area contributed by atoms with Crippen molar-refractivity contribution in [2.24, 2.45) is 0 Å². The van der Waals surface area contributed by atoms with Crippen LogP contribution in [0.3, 0.4) is 0 Å². The summed E-state index contributed by atoms with van der Waals surface area (Å²) >= 11 is 0. The SMILES string of the molecule is C[C@H]1O[C@@H](O)[C@H](O)[C@H](O)[C@H]1O[C@H]1OC[C@@H](O[C@@H]2OC[C@H](O[C@H]3O[C@H](CO)[C@@H](O[C@@H]4O[C@H](CO)[C@@H](O[C@H]5O[C@H](CO)[C@H](O)[C@@H](O)[C@H]5O)[C@H](O)[C@H]4O)[C@@H](O)[C@@H]3O)[C@H](O)[C@H]2O)[C@@H](O)[C@H]1O. The van der Waals surface area contributed by atoms with Gasteiger partial charge in [0.15, 0.2) is 37.7 Å². The van der Waals surface area contributed by atoms with E-state index >= 15 is 0 Å². The Morgan fingerprint density at radius 2 is 0.710 bits per heavy atom. The Kier molecular flexibility index (Phi) is 17.2. The number of aliphatic hydroxyl groups is 17. The Labute approximate surface area is 350 Å². The highest BCUT2D eigenvalue weighted by Crippen LogP contribution is 2.35. The van der Waals surface area contributed by atoms with E-state index in [0.717, 1.165) is 0 Å². The molecule has 28 heteroatoms. The molecule has 28 atom stereocenters. The Morgan fingerprint density at radius 3 is 1.18 bits per heavy atom. The molecule has 362 valence electrons. The smallest absolute Gasteiger partial charge is 0.187 e. The van der Waals surface area contributed by atoms with E-state index in [4.69, 9.17) is 52.1 Å². The zero-order chi connectivity index (χ0) is 45.5. The lowest BCUT2D eigenvalue weighted by molar-refractivity contribution is -0.386. The summed E-state index contributed by atoms with van der Waals surface area (Å²) in [4.78, 5) is 0. The molecule has 6 fully saturated rings. The summed E-state index contributed by atoms with van der Waals surface area (Å²) in [5.74, 6) is 0. The van der Waals surface area contributed by atoms with Crippen LogP contribution in [0.4, 0.5) is 0 Å². The molecule has 6 rings (SSSR count). The lowest BCUT2D eigenvalue weighted by atomic mass is 9.96. The summed E-state index contributed by atoms with van der Waals surface area (Å²) in [6.45, 7) is -2.31. The largest absolute Gasteiger partial charge is 0.394 e. The summed E-state index contributed by atoms with van der Waals surface area (Å²) in [5.41, 5.74) is 0. The second-order valence-electron chi connectivity index (χ2n) is 15.8. The first kappa shape index (κ1) is 50.3. The number of hydrogen-bond acceptors (Lipinski definition) is 28. The van der Waals surface area contributed by atoms with Crippen molar-refractivity contribution < 1.29 is 139 Å². The van der Waals surface area contributed by atoms with Crippen LogP contribution in [-0.2, 0) is 52.1 Å². The predicted molar refractivity (Wildman–Crippen MR) is 186 cm³/mol. The molecule has 6 heterocycles. The van der Waals surface area contributed by atoms with Crippen molar-refractivity contribution in [2.75, 3.05) is 33.0 Å². The molecular formula is C34H58O28. The highest BCUT2D eigenvalue weighted by molar-refractivity contribution is 4.98. The van der Waals surface area contributed by atoms with Crippen LogP contribution in [-0.4, -0.2) is 292 Å². The molecule has 28 nitrogen and oxygen atoms in total. The first-order valence-electron chi connectivity index (χ1n) is 19.8. The van der Waals surface area contributed by atoms with Crippen molar-refractivity contribution in [3.8, 4) is 0 Å². The van der Waals surface area contributed by atoms with Gasteiger partial charge in [0.25, 0.3) is 0 Å². The molecule has 0 bridgehead atoms. The lowest BCUT2D eigenvalue weighted by Gasteiger charge is -2.48. The quantitative estimate of drug-likeness (QED) is 0.0815. The van der Waals surface area contributed by atoms with E-state index in [1.807, 2.05) is 0 Å². The number of hydrogen-bond donors (Lipinski definition) is 17. The van der Waals surface area contributed by atoms with E-state index < -0.39 is 205 Å². The Balaban J connectivity index is 1.01. The third-order valence-electron chi connectivity index (χ3n) is 11.6. The molecule has 0 aromatic rings. The van der Waals surface area contributed by atoms with Gasteiger partial charge in [-0.15, -0.1) is 0 Å². The molecule has 0 aromatic heterocycles. The summed E-state index contributed by atoms with van der Waals surface area (Å²) < 4.78 is 60.4. The minimum atomic E-state index is -2.06. The summed E-state index contributed by atoms with van der Waals surface area (Å²) in [6.07, 6.45) is -48.1. The Hall–Kier alpha value is -1.12. The van der Waals surface area contributed by atoms with Crippen LogP contribution in [0.15, 0.2) is 0 Å². The van der Waals surface area contributed by atoms with E-state index in [1.165, 1.54) is 6.92 Å². The van der Waals surface area contributed by atoms with Crippen LogP contribution < -0.4 is 0 Å². The van der Waals surface area contributed by atoms with Gasteiger partial charge in [0.05, 0.1) is 39.1 Å². The van der Waals surface area contributed by atoms with Crippen molar-refractivity contribution in [2.45, 2.75) is 179 Å². The minimum absolute atomic E-state index is 0.487. The van der Waals surface area contributed by atoms with E-state index in [-0.39, 0.29) is 0 Å². The third kappa shape index (κ3) is 10.2. The van der Waals surface area contributed by atoms with Crippen LogP contribution >= 0.6 is 0 Å². The Bertz CT molecular complexity index is 1380. The van der Waals surface area contributed by atoms with E-state index in [1.54, 1.807) is 0 Å². The van der Waals surface area contributed by atoms with Gasteiger partial charge in [-0.1, -0.05) is 0 Å². The zero-order valence-corrected chi connectivity index (χ0v) is 32.8. The van der Waals surface area contributed by atoms with Gasteiger partial charge in [0.2, 0.25) is 0 Å². The second kappa shape index (κ2) is 21.2. The average molecular weight is 915 g/mol. The first-order valence-corrected chi connectivity index (χ1v) is 19.8. The van der Waals surface area contributed by atoms with Crippen molar-refractivity contribution in [1.29, 1.82) is 0 Å². The zero-order valence-electron chi connectivity index (χ0n) is 32.8. The number of aliphatic hydroxyl groups excluding tert-OH is 17. The van der Waals surface area contributed by atoms with Gasteiger partial charge in [-0.3, -0.25) is 0 Å². The first-order chi connectivity index (χ1) is 29.3. The molecule has 6 aliphatic rings. The van der Waals surface area contributed by atoms with Crippen molar-refractivity contribution in [3.05, 3.63) is 0 Å². The maximum atomic E-state index is 11.1. The average Bonchev–Trinajstić information content (AvgIpc) is 3.25. The van der Waals surface area contributed by atoms with E-state index in [9.17, 15) is 86.8 Å². The Morgan fingerprint density at radius 1 is 0.355 bits per heavy atom. The van der Waals surface area contributed by atoms with Crippen molar-refractivity contribution in [3.63, 3.8) is 0 Å². The van der Waals surface area contributed by atoms with E-state index in [0.29, 0.717) is 0 Å². The molecule has 62 heavy (non-hydrogen) atoms. The van der Waals surface area contributed by atoms with Gasteiger partial charge in [-0.05, 0) is 6.92 Å². The molecule has 0 spiro atoms. The monoisotopic (exact) mass is 914 g/mol. The molecule has 0 aliphatic carbocycles. The fourth-order valence-corrected chi connectivity index (χ4v) is 7.88. The molecule has 0 radical (unpaired) electrons. The summed E-state index contributed by atoms with van der Waals surface area (Å²) in [5, 5.41) is 177. The van der Waals surface area contributed by atoms with E-state index in [2.05, 4.69) is 0 Å². The molecule has 0 aromatic carbocycles. The molecule has 0 saturated carbocycles. The lowest BCUT2D eigenvalue weighted by Crippen LogP contribution is -2.67. The third-order valence-corrected chi connectivity index (χ3v) is 11.6. The standard InChI is InChI=1S/C34H58O28/c1-7-26(17(42)20(45)29(51)54-7)60-31-22(47)14(39)11(5-53-31)58-30-21(46)15(40)12(6-52-30)59-32-24(49)18(43)27(9(3-36)56-32)62-34-25(50)19(44)28(10(4-37)57-34)61-33-23(48)16(41)13(38)8(2-35)55-33/h7-51H,2-6H2,1H3/t7-,8-,9-,10-,11-,12+,13+,14-,15+,16-,17+,18+,19-,20-,21-,22-,23-,24+,25-,26+,27-,28-,29-,30+,31-,32-,33-,34+/m1/s1. The summed E-state index contributed by atoms with van der Waals surface area (Å²) in [6, 6.07) is 0. The van der Waals surface area contributed by atoms with Crippen LogP contribution in [0.5, 0.6) is 0 Å². The van der Waals surface area contributed by atoms with Gasteiger partial charge in [0, 0.05) is 0 Å². The molecule has 17 N–H and O–H groups in total. The number of ether oxygens (including phenoxy) is 11. The van der Waals surface area contributed by atoms with Gasteiger partial charge >= 0.3 is 0 Å². The van der Waals surface area contributed by atoms with Crippen LogP contribution in [0.1, 0.15) is 6.92 Å². The molecule has 0 amide bonds. The second-order valence-corrected chi connectivity index (χ2v) is 15.8. The molecule has 0 unspecified atom stereocenters. The fourth-order valence-electron chi connectivity index (χ4n) is 7.88. The molecular weight excluding hydrogens is 856 g/mol.